The van der Waals surface area contributed by atoms with Crippen LogP contribution in [0.2, 0.25) is 0 Å². The Kier molecular flexibility index (Phi) is 4.12. The fourth-order valence-corrected chi connectivity index (χ4v) is 2.35. The second-order valence-corrected chi connectivity index (χ2v) is 5.80. The van der Waals surface area contributed by atoms with E-state index in [1.54, 1.807) is 24.3 Å². The Morgan fingerprint density at radius 3 is 2.65 bits per heavy atom. The number of halogens is 1. The average Bonchev–Trinajstić information content (AvgIpc) is 2.57. The molecule has 3 rings (SSSR count). The number of benzene rings is 2. The van der Waals surface area contributed by atoms with Crippen LogP contribution in [0.15, 0.2) is 62.9 Å². The maximum absolute atomic E-state index is 12.1. The molecule has 116 valence electrons. The number of aromatic nitrogens is 2. The van der Waals surface area contributed by atoms with Gasteiger partial charge in [0.05, 0.1) is 16.6 Å². The van der Waals surface area contributed by atoms with Crippen LogP contribution < -0.4 is 11.0 Å². The lowest BCUT2D eigenvalue weighted by atomic mass is 10.1. The summed E-state index contributed by atoms with van der Waals surface area (Å²) in [4.78, 5) is 16.3. The smallest absolute Gasteiger partial charge is 0.295 e. The summed E-state index contributed by atoms with van der Waals surface area (Å²) >= 11 is 3.37. The molecule has 0 bridgehead atoms. The molecule has 0 fully saturated rings. The van der Waals surface area contributed by atoms with Gasteiger partial charge in [-0.05, 0) is 36.8 Å². The van der Waals surface area contributed by atoms with Crippen molar-refractivity contribution in [2.75, 3.05) is 5.43 Å². The van der Waals surface area contributed by atoms with E-state index in [2.05, 4.69) is 31.4 Å². The van der Waals surface area contributed by atoms with Gasteiger partial charge in [-0.1, -0.05) is 40.2 Å². The van der Waals surface area contributed by atoms with Crippen molar-refractivity contribution < 1.29 is 5.21 Å². The van der Waals surface area contributed by atoms with E-state index in [4.69, 9.17) is 0 Å². The quantitative estimate of drug-likeness (QED) is 0.420. The van der Waals surface area contributed by atoms with Crippen LogP contribution in [-0.2, 0) is 0 Å². The van der Waals surface area contributed by atoms with E-state index >= 15 is 0 Å². The van der Waals surface area contributed by atoms with Gasteiger partial charge >= 0.3 is 0 Å². The van der Waals surface area contributed by atoms with Gasteiger partial charge in [0.1, 0.15) is 0 Å². The molecule has 1 aromatic heterocycles. The summed E-state index contributed by atoms with van der Waals surface area (Å²) in [6.07, 6.45) is 0. The molecule has 0 amide bonds. The van der Waals surface area contributed by atoms with Crippen molar-refractivity contribution in [3.8, 4) is 0 Å². The number of para-hydroxylation sites is 1. The molecule has 1 heterocycles. The highest BCUT2D eigenvalue weighted by Gasteiger charge is 2.09. The van der Waals surface area contributed by atoms with Crippen molar-refractivity contribution >= 4 is 38.5 Å². The largest absolute Gasteiger partial charge is 0.422 e. The maximum Gasteiger partial charge on any atom is 0.295 e. The van der Waals surface area contributed by atoms with Gasteiger partial charge in [0, 0.05) is 4.47 Å². The molecular weight excluding hydrogens is 360 g/mol. The van der Waals surface area contributed by atoms with Gasteiger partial charge < -0.3 is 5.21 Å². The number of rotatable bonds is 3. The molecule has 0 unspecified atom stereocenters. The monoisotopic (exact) mass is 372 g/mol. The summed E-state index contributed by atoms with van der Waals surface area (Å²) in [6, 6.07) is 14.4. The van der Waals surface area contributed by atoms with Gasteiger partial charge in [-0.3, -0.25) is 4.79 Å². The Hall–Kier alpha value is -2.67. The number of hydrazone groups is 1. The minimum absolute atomic E-state index is 0.0369. The molecule has 2 N–H and O–H groups in total. The van der Waals surface area contributed by atoms with E-state index in [-0.39, 0.29) is 5.95 Å². The molecule has 2 aromatic carbocycles. The van der Waals surface area contributed by atoms with Crippen molar-refractivity contribution in [2.45, 2.75) is 6.92 Å². The van der Waals surface area contributed by atoms with E-state index < -0.39 is 5.56 Å². The number of fused-ring (bicyclic) bond motifs is 1. The lowest BCUT2D eigenvalue weighted by Crippen LogP contribution is -2.22. The summed E-state index contributed by atoms with van der Waals surface area (Å²) in [5.74, 6) is -0.0369. The van der Waals surface area contributed by atoms with Crippen LogP contribution in [0.25, 0.3) is 10.9 Å². The molecule has 23 heavy (non-hydrogen) atoms. The zero-order valence-electron chi connectivity index (χ0n) is 12.2. The second-order valence-electron chi connectivity index (χ2n) is 4.89. The van der Waals surface area contributed by atoms with E-state index in [9.17, 15) is 10.0 Å². The molecule has 0 radical (unpaired) electrons. The summed E-state index contributed by atoms with van der Waals surface area (Å²) in [5, 5.41) is 14.4. The minimum atomic E-state index is -0.547. The number of hydrogen-bond acceptors (Lipinski definition) is 5. The standard InChI is InChI=1S/C16H13BrN4O2/c1-10(11-6-8-12(17)9-7-11)19-20-16-18-14-5-3-2-4-13(14)15(22)21(16)23/h2-9,23H,1H3,(H,18,20)/b19-10-. The molecule has 6 nitrogen and oxygen atoms in total. The molecule has 0 saturated carbocycles. The van der Waals surface area contributed by atoms with E-state index in [0.29, 0.717) is 21.3 Å². The molecule has 0 atom stereocenters. The van der Waals surface area contributed by atoms with Crippen molar-refractivity contribution in [1.82, 2.24) is 9.71 Å². The summed E-state index contributed by atoms with van der Waals surface area (Å²) < 4.78 is 1.43. The molecule has 7 heteroatoms. The van der Waals surface area contributed by atoms with E-state index in [0.717, 1.165) is 10.0 Å². The van der Waals surface area contributed by atoms with Crippen molar-refractivity contribution in [2.24, 2.45) is 5.10 Å². The third-order valence-corrected chi connectivity index (χ3v) is 3.87. The molecule has 3 aromatic rings. The predicted octanol–water partition coefficient (Wildman–Crippen LogP) is 3.23. The van der Waals surface area contributed by atoms with Crippen molar-refractivity contribution in [3.63, 3.8) is 0 Å². The van der Waals surface area contributed by atoms with Gasteiger partial charge in [-0.2, -0.15) is 5.10 Å². The topological polar surface area (TPSA) is 79.5 Å². The maximum atomic E-state index is 12.1. The summed E-state index contributed by atoms with van der Waals surface area (Å²) in [7, 11) is 0. The average molecular weight is 373 g/mol. The van der Waals surface area contributed by atoms with Crippen LogP contribution in [0.4, 0.5) is 5.95 Å². The first-order valence-electron chi connectivity index (χ1n) is 6.83. The lowest BCUT2D eigenvalue weighted by Gasteiger charge is -2.07. The number of anilines is 1. The number of nitrogens with one attached hydrogen (secondary N) is 1. The Morgan fingerprint density at radius 2 is 1.91 bits per heavy atom. The molecular formula is C16H13BrN4O2. The normalized spacial score (nSPS) is 11.7. The van der Waals surface area contributed by atoms with Gasteiger partial charge in [0.25, 0.3) is 11.5 Å². The first-order chi connectivity index (χ1) is 11.1. The number of nitrogens with zero attached hydrogens (tertiary/aromatic N) is 3. The third kappa shape index (κ3) is 3.09. The van der Waals surface area contributed by atoms with E-state index in [1.807, 2.05) is 31.2 Å². The molecule has 0 aliphatic rings. The second kappa shape index (κ2) is 6.21. The van der Waals surface area contributed by atoms with Crippen LogP contribution in [0.5, 0.6) is 0 Å². The van der Waals surface area contributed by atoms with Gasteiger partial charge in [0.15, 0.2) is 0 Å². The highest BCUT2D eigenvalue weighted by atomic mass is 79.9. The molecule has 0 saturated heterocycles. The first-order valence-corrected chi connectivity index (χ1v) is 7.63. The first kappa shape index (κ1) is 15.2. The summed E-state index contributed by atoms with van der Waals surface area (Å²) in [5.41, 5.74) is 4.18. The zero-order chi connectivity index (χ0) is 16.4. The van der Waals surface area contributed by atoms with E-state index in [1.165, 1.54) is 0 Å². The minimum Gasteiger partial charge on any atom is -0.422 e. The van der Waals surface area contributed by atoms with Crippen LogP contribution >= 0.6 is 15.9 Å². The SMILES string of the molecule is C/C(=N/Nc1nc2ccccc2c(=O)n1O)c1ccc(Br)cc1. The molecule has 0 aliphatic carbocycles. The van der Waals surface area contributed by atoms with Crippen LogP contribution in [0, 0.1) is 0 Å². The van der Waals surface area contributed by atoms with Gasteiger partial charge in [-0.25, -0.2) is 10.4 Å². The van der Waals surface area contributed by atoms with Crippen molar-refractivity contribution in [3.05, 3.63) is 68.9 Å². The molecule has 0 aliphatic heterocycles. The Morgan fingerprint density at radius 1 is 1.22 bits per heavy atom. The van der Waals surface area contributed by atoms with Crippen LogP contribution in [0.3, 0.4) is 0 Å². The fourth-order valence-electron chi connectivity index (χ4n) is 2.09. The van der Waals surface area contributed by atoms with Crippen molar-refractivity contribution in [1.29, 1.82) is 0 Å². The Balaban J connectivity index is 1.95. The van der Waals surface area contributed by atoms with Crippen LogP contribution in [0.1, 0.15) is 12.5 Å². The highest BCUT2D eigenvalue weighted by molar-refractivity contribution is 9.10. The highest BCUT2D eigenvalue weighted by Crippen LogP contribution is 2.12. The predicted molar refractivity (Wildman–Crippen MR) is 93.2 cm³/mol. The van der Waals surface area contributed by atoms with Crippen LogP contribution in [-0.4, -0.2) is 20.6 Å². The lowest BCUT2D eigenvalue weighted by molar-refractivity contribution is 0.179. The Bertz CT molecular complexity index is 948. The Labute approximate surface area is 140 Å². The number of hydrogen-bond donors (Lipinski definition) is 2. The third-order valence-electron chi connectivity index (χ3n) is 3.34. The van der Waals surface area contributed by atoms with Gasteiger partial charge in [0.2, 0.25) is 0 Å². The summed E-state index contributed by atoms with van der Waals surface area (Å²) in [6.45, 7) is 1.82. The molecule has 0 spiro atoms. The fraction of sp³-hybridized carbons (Fsp3) is 0.0625. The van der Waals surface area contributed by atoms with Gasteiger partial charge in [-0.15, -0.1) is 4.73 Å². The zero-order valence-corrected chi connectivity index (χ0v) is 13.8.